The summed E-state index contributed by atoms with van der Waals surface area (Å²) in [4.78, 5) is 25.7. The van der Waals surface area contributed by atoms with Crippen LogP contribution in [0.2, 0.25) is 0 Å². The van der Waals surface area contributed by atoms with Gasteiger partial charge in [0.1, 0.15) is 0 Å². The number of piperidine rings is 1. The Morgan fingerprint density at radius 1 is 1.11 bits per heavy atom. The van der Waals surface area contributed by atoms with E-state index >= 15 is 0 Å². The molecule has 2 rings (SSSR count). The molecule has 0 aromatic heterocycles. The molecule has 1 saturated heterocycles. The number of hydrogen-bond donors (Lipinski definition) is 1. The van der Waals surface area contributed by atoms with Crippen LogP contribution in [0.25, 0.3) is 0 Å². The molecule has 0 aromatic carbocycles. The molecule has 2 N–H and O–H groups in total. The topological polar surface area (TPSA) is 72.6 Å². The van der Waals surface area contributed by atoms with Gasteiger partial charge in [-0.3, -0.25) is 9.59 Å². The van der Waals surface area contributed by atoms with E-state index < -0.39 is 0 Å². The van der Waals surface area contributed by atoms with E-state index in [4.69, 9.17) is 10.5 Å². The van der Waals surface area contributed by atoms with Crippen molar-refractivity contribution in [1.29, 1.82) is 0 Å². The van der Waals surface area contributed by atoms with Crippen molar-refractivity contribution in [3.8, 4) is 0 Å². The highest BCUT2D eigenvalue weighted by molar-refractivity contribution is 5.79. The van der Waals surface area contributed by atoms with Gasteiger partial charge in [0.2, 0.25) is 5.91 Å². The molecule has 0 aromatic rings. The molecular weight excluding hydrogens is 244 g/mol. The first-order chi connectivity index (χ1) is 9.11. The molecule has 0 spiro atoms. The number of hydrogen-bond acceptors (Lipinski definition) is 4. The zero-order chi connectivity index (χ0) is 13.8. The summed E-state index contributed by atoms with van der Waals surface area (Å²) in [5.41, 5.74) is 5.94. The first-order valence-corrected chi connectivity index (χ1v) is 7.24. The lowest BCUT2D eigenvalue weighted by Crippen LogP contribution is -2.45. The summed E-state index contributed by atoms with van der Waals surface area (Å²) < 4.78 is 4.76. The SMILES string of the molecule is COC(=O)C1CCN(C(=O)C2CCCC(N)C2)CC1. The molecule has 2 aliphatic rings. The Hall–Kier alpha value is -1.10. The van der Waals surface area contributed by atoms with Crippen molar-refractivity contribution in [3.05, 3.63) is 0 Å². The Bertz CT molecular complexity index is 338. The van der Waals surface area contributed by atoms with Gasteiger partial charge in [0.15, 0.2) is 0 Å². The van der Waals surface area contributed by atoms with Crippen molar-refractivity contribution >= 4 is 11.9 Å². The molecule has 1 heterocycles. The summed E-state index contributed by atoms with van der Waals surface area (Å²) in [6.45, 7) is 1.34. The van der Waals surface area contributed by atoms with Crippen LogP contribution in [-0.4, -0.2) is 43.0 Å². The normalized spacial score (nSPS) is 29.1. The standard InChI is InChI=1S/C14H24N2O3/c1-19-14(18)10-5-7-16(8-6-10)13(17)11-3-2-4-12(15)9-11/h10-12H,2-9,15H2,1H3. The predicted molar refractivity (Wildman–Crippen MR) is 71.3 cm³/mol. The number of nitrogens with two attached hydrogens (primary N) is 1. The van der Waals surface area contributed by atoms with Crippen molar-refractivity contribution in [1.82, 2.24) is 4.90 Å². The lowest BCUT2D eigenvalue weighted by Gasteiger charge is -2.35. The Morgan fingerprint density at radius 2 is 1.79 bits per heavy atom. The van der Waals surface area contributed by atoms with Crippen LogP contribution in [0.5, 0.6) is 0 Å². The molecule has 5 nitrogen and oxygen atoms in total. The van der Waals surface area contributed by atoms with E-state index in [-0.39, 0.29) is 29.8 Å². The quantitative estimate of drug-likeness (QED) is 0.756. The van der Waals surface area contributed by atoms with Crippen molar-refractivity contribution < 1.29 is 14.3 Å². The Balaban J connectivity index is 1.83. The van der Waals surface area contributed by atoms with Crippen molar-refractivity contribution in [3.63, 3.8) is 0 Å². The van der Waals surface area contributed by atoms with Gasteiger partial charge >= 0.3 is 5.97 Å². The maximum absolute atomic E-state index is 12.4. The van der Waals surface area contributed by atoms with Crippen LogP contribution in [0, 0.1) is 11.8 Å². The molecule has 1 saturated carbocycles. The van der Waals surface area contributed by atoms with E-state index in [1.54, 1.807) is 0 Å². The van der Waals surface area contributed by atoms with E-state index in [1.165, 1.54) is 7.11 Å². The third kappa shape index (κ3) is 3.47. The van der Waals surface area contributed by atoms with Gasteiger partial charge in [0, 0.05) is 25.0 Å². The van der Waals surface area contributed by atoms with Crippen molar-refractivity contribution in [2.24, 2.45) is 17.6 Å². The molecule has 0 bridgehead atoms. The smallest absolute Gasteiger partial charge is 0.308 e. The molecular formula is C14H24N2O3. The van der Waals surface area contributed by atoms with Gasteiger partial charge in [0.05, 0.1) is 13.0 Å². The highest BCUT2D eigenvalue weighted by Crippen LogP contribution is 2.27. The second kappa shape index (κ2) is 6.37. The first kappa shape index (κ1) is 14.3. The van der Waals surface area contributed by atoms with Crippen LogP contribution in [0.4, 0.5) is 0 Å². The fourth-order valence-corrected chi connectivity index (χ4v) is 3.21. The minimum atomic E-state index is -0.146. The maximum Gasteiger partial charge on any atom is 0.308 e. The lowest BCUT2D eigenvalue weighted by atomic mass is 9.84. The third-order valence-corrected chi connectivity index (χ3v) is 4.41. The van der Waals surface area contributed by atoms with E-state index in [0.29, 0.717) is 13.1 Å². The van der Waals surface area contributed by atoms with Crippen molar-refractivity contribution in [2.75, 3.05) is 20.2 Å². The van der Waals surface area contributed by atoms with E-state index in [2.05, 4.69) is 0 Å². The van der Waals surface area contributed by atoms with Crippen LogP contribution < -0.4 is 5.73 Å². The van der Waals surface area contributed by atoms with Crippen LogP contribution in [-0.2, 0) is 14.3 Å². The molecule has 108 valence electrons. The van der Waals surface area contributed by atoms with Gasteiger partial charge in [0.25, 0.3) is 0 Å². The molecule has 2 fully saturated rings. The van der Waals surface area contributed by atoms with Gasteiger partial charge in [-0.1, -0.05) is 6.42 Å². The summed E-state index contributed by atoms with van der Waals surface area (Å²) in [5, 5.41) is 0. The zero-order valence-electron chi connectivity index (χ0n) is 11.6. The lowest BCUT2D eigenvalue weighted by molar-refractivity contribution is -0.149. The molecule has 2 atom stereocenters. The molecule has 2 unspecified atom stereocenters. The number of methoxy groups -OCH3 is 1. The average Bonchev–Trinajstić information content (AvgIpc) is 2.46. The van der Waals surface area contributed by atoms with Gasteiger partial charge in [-0.05, 0) is 32.1 Å². The monoisotopic (exact) mass is 268 g/mol. The first-order valence-electron chi connectivity index (χ1n) is 7.24. The summed E-state index contributed by atoms with van der Waals surface area (Å²) in [6.07, 6.45) is 5.30. The van der Waals surface area contributed by atoms with Crippen LogP contribution >= 0.6 is 0 Å². The number of rotatable bonds is 2. The third-order valence-electron chi connectivity index (χ3n) is 4.41. The Labute approximate surface area is 114 Å². The van der Waals surface area contributed by atoms with Gasteiger partial charge < -0.3 is 15.4 Å². The average molecular weight is 268 g/mol. The molecule has 1 aliphatic heterocycles. The van der Waals surface area contributed by atoms with Crippen LogP contribution in [0.1, 0.15) is 38.5 Å². The van der Waals surface area contributed by atoms with E-state index in [0.717, 1.165) is 38.5 Å². The van der Waals surface area contributed by atoms with E-state index in [9.17, 15) is 9.59 Å². The Kier molecular flexibility index (Phi) is 4.80. The fraction of sp³-hybridized carbons (Fsp3) is 0.857. The predicted octanol–water partition coefficient (Wildman–Crippen LogP) is 0.915. The van der Waals surface area contributed by atoms with Gasteiger partial charge in [-0.2, -0.15) is 0 Å². The number of amides is 1. The summed E-state index contributed by atoms with van der Waals surface area (Å²) in [5.74, 6) is 0.145. The second-order valence-electron chi connectivity index (χ2n) is 5.75. The van der Waals surface area contributed by atoms with Gasteiger partial charge in [-0.15, -0.1) is 0 Å². The minimum Gasteiger partial charge on any atom is -0.469 e. The number of nitrogens with zero attached hydrogens (tertiary/aromatic N) is 1. The van der Waals surface area contributed by atoms with Crippen LogP contribution in [0.3, 0.4) is 0 Å². The highest BCUT2D eigenvalue weighted by atomic mass is 16.5. The number of esters is 1. The van der Waals surface area contributed by atoms with Gasteiger partial charge in [-0.25, -0.2) is 0 Å². The highest BCUT2D eigenvalue weighted by Gasteiger charge is 2.32. The number of carbonyl (C=O) groups excluding carboxylic acids is 2. The number of ether oxygens (including phenoxy) is 1. The molecule has 0 radical (unpaired) electrons. The van der Waals surface area contributed by atoms with Crippen LogP contribution in [0.15, 0.2) is 0 Å². The summed E-state index contributed by atoms with van der Waals surface area (Å²) in [6, 6.07) is 0.176. The fourth-order valence-electron chi connectivity index (χ4n) is 3.21. The molecule has 5 heteroatoms. The zero-order valence-corrected chi connectivity index (χ0v) is 11.6. The molecule has 19 heavy (non-hydrogen) atoms. The maximum atomic E-state index is 12.4. The van der Waals surface area contributed by atoms with E-state index in [1.807, 2.05) is 4.90 Å². The number of carbonyl (C=O) groups is 2. The molecule has 1 aliphatic carbocycles. The number of likely N-dealkylation sites (tertiary alicyclic amines) is 1. The summed E-state index contributed by atoms with van der Waals surface area (Å²) >= 11 is 0. The second-order valence-corrected chi connectivity index (χ2v) is 5.75. The molecule has 1 amide bonds. The largest absolute Gasteiger partial charge is 0.469 e. The van der Waals surface area contributed by atoms with Crippen molar-refractivity contribution in [2.45, 2.75) is 44.6 Å². The Morgan fingerprint density at radius 3 is 2.37 bits per heavy atom. The minimum absolute atomic E-state index is 0.0392. The summed E-state index contributed by atoms with van der Waals surface area (Å²) in [7, 11) is 1.42.